The van der Waals surface area contributed by atoms with Crippen LogP contribution >= 0.6 is 0 Å². The molecular weight excluding hydrogens is 156 g/mol. The Balaban J connectivity index is 0.000000671. The minimum atomic E-state index is 0.677. The number of hydrogen-bond acceptors (Lipinski definition) is 0. The predicted molar refractivity (Wildman–Crippen MR) is 60.4 cm³/mol. The molecule has 1 aliphatic carbocycles. The fourth-order valence-electron chi connectivity index (χ4n) is 1.70. The van der Waals surface area contributed by atoms with Gasteiger partial charge in [0.05, 0.1) is 0 Å². The maximum absolute atomic E-state index is 3.82. The highest BCUT2D eigenvalue weighted by atomic mass is 14.2. The van der Waals surface area contributed by atoms with E-state index in [2.05, 4.69) is 24.5 Å². The van der Waals surface area contributed by atoms with Crippen molar-refractivity contribution in [3.8, 4) is 11.8 Å². The average Bonchev–Trinajstić information content (AvgIpc) is 2.23. The van der Waals surface area contributed by atoms with Crippen LogP contribution in [0.3, 0.4) is 0 Å². The van der Waals surface area contributed by atoms with Crippen LogP contribution in [-0.2, 0) is 0 Å². The summed E-state index contributed by atoms with van der Waals surface area (Å²) in [6.45, 7) is 9.75. The highest BCUT2D eigenvalue weighted by Crippen LogP contribution is 2.28. The lowest BCUT2D eigenvalue weighted by molar-refractivity contribution is 0.365. The van der Waals surface area contributed by atoms with E-state index in [0.29, 0.717) is 5.92 Å². The Morgan fingerprint density at radius 1 is 1.15 bits per heavy atom. The number of allylic oxidation sites excluding steroid dienone is 1. The molecule has 0 amide bonds. The Labute approximate surface area is 83.4 Å². The van der Waals surface area contributed by atoms with E-state index in [1.807, 2.05) is 20.8 Å². The van der Waals surface area contributed by atoms with Crippen LogP contribution in [0.25, 0.3) is 0 Å². The van der Waals surface area contributed by atoms with Gasteiger partial charge in [-0.05, 0) is 38.5 Å². The molecule has 0 bridgehead atoms. The largest absolute Gasteiger partial charge is 0.106 e. The van der Waals surface area contributed by atoms with Crippen molar-refractivity contribution in [1.29, 1.82) is 0 Å². The molecule has 1 aliphatic rings. The first-order valence-electron chi connectivity index (χ1n) is 5.41. The summed E-state index contributed by atoms with van der Waals surface area (Å²) in [5, 5.41) is 0. The Bertz CT molecular complexity index is 172. The lowest BCUT2D eigenvalue weighted by Crippen LogP contribution is -2.11. The van der Waals surface area contributed by atoms with Gasteiger partial charge < -0.3 is 0 Å². The molecule has 1 saturated carbocycles. The predicted octanol–water partition coefficient (Wildman–Crippen LogP) is 4.03. The second-order valence-corrected chi connectivity index (χ2v) is 3.24. The average molecular weight is 178 g/mol. The molecule has 74 valence electrons. The van der Waals surface area contributed by atoms with E-state index in [4.69, 9.17) is 0 Å². The van der Waals surface area contributed by atoms with Crippen molar-refractivity contribution in [3.63, 3.8) is 0 Å². The molecule has 0 radical (unpaired) electrons. The van der Waals surface area contributed by atoms with Crippen LogP contribution in [0.15, 0.2) is 12.7 Å². The van der Waals surface area contributed by atoms with Crippen LogP contribution in [-0.4, -0.2) is 0 Å². The van der Waals surface area contributed by atoms with Gasteiger partial charge >= 0.3 is 0 Å². The summed E-state index contributed by atoms with van der Waals surface area (Å²) >= 11 is 0. The molecule has 1 fully saturated rings. The quantitative estimate of drug-likeness (QED) is 0.420. The zero-order valence-electron chi connectivity index (χ0n) is 9.27. The van der Waals surface area contributed by atoms with Gasteiger partial charge in [0.15, 0.2) is 0 Å². The molecule has 0 heteroatoms. The molecule has 0 heterocycles. The van der Waals surface area contributed by atoms with E-state index in [0.717, 1.165) is 5.92 Å². The van der Waals surface area contributed by atoms with E-state index >= 15 is 0 Å². The van der Waals surface area contributed by atoms with Gasteiger partial charge in [0.1, 0.15) is 0 Å². The molecule has 0 N–H and O–H groups in total. The third-order valence-electron chi connectivity index (χ3n) is 2.45. The normalized spacial score (nSPS) is 26.1. The van der Waals surface area contributed by atoms with Crippen LogP contribution in [0, 0.1) is 23.7 Å². The Kier molecular flexibility index (Phi) is 7.50. The van der Waals surface area contributed by atoms with Crippen LogP contribution in [0.5, 0.6) is 0 Å². The monoisotopic (exact) mass is 178 g/mol. The van der Waals surface area contributed by atoms with Crippen molar-refractivity contribution in [3.05, 3.63) is 12.7 Å². The van der Waals surface area contributed by atoms with Crippen LogP contribution in [0.1, 0.15) is 46.5 Å². The second kappa shape index (κ2) is 7.92. The van der Waals surface area contributed by atoms with E-state index in [-0.39, 0.29) is 0 Å². The summed E-state index contributed by atoms with van der Waals surface area (Å²) in [6, 6.07) is 0. The molecule has 1 rings (SSSR count). The van der Waals surface area contributed by atoms with Gasteiger partial charge in [-0.3, -0.25) is 0 Å². The van der Waals surface area contributed by atoms with E-state index in [1.165, 1.54) is 25.7 Å². The maximum Gasteiger partial charge on any atom is 0.0203 e. The fraction of sp³-hybridized carbons (Fsp3) is 0.692. The van der Waals surface area contributed by atoms with Gasteiger partial charge in [-0.1, -0.05) is 19.9 Å². The number of hydrogen-bond donors (Lipinski definition) is 0. The van der Waals surface area contributed by atoms with Gasteiger partial charge in [0, 0.05) is 5.92 Å². The topological polar surface area (TPSA) is 0 Å². The van der Waals surface area contributed by atoms with Crippen molar-refractivity contribution < 1.29 is 0 Å². The SMILES string of the molecule is C=CC1CCC(C#CC)CC1.CC. The van der Waals surface area contributed by atoms with Crippen LogP contribution < -0.4 is 0 Å². The van der Waals surface area contributed by atoms with Crippen molar-refractivity contribution in [2.45, 2.75) is 46.5 Å². The molecule has 0 nitrogen and oxygen atoms in total. The first-order valence-corrected chi connectivity index (χ1v) is 5.41. The maximum atomic E-state index is 3.82. The van der Waals surface area contributed by atoms with Crippen LogP contribution in [0.2, 0.25) is 0 Å². The first kappa shape index (κ1) is 12.3. The molecule has 0 aromatic rings. The third-order valence-corrected chi connectivity index (χ3v) is 2.45. The van der Waals surface area contributed by atoms with E-state index < -0.39 is 0 Å². The second-order valence-electron chi connectivity index (χ2n) is 3.24. The molecule has 0 atom stereocenters. The molecular formula is C13H22. The standard InChI is InChI=1S/C11H16.C2H6/c1-3-5-11-8-6-10(4-2)7-9-11;1-2/h4,10-11H,2,6-9H2,1H3;1-2H3. The van der Waals surface area contributed by atoms with Gasteiger partial charge in [-0.25, -0.2) is 0 Å². The zero-order valence-corrected chi connectivity index (χ0v) is 9.27. The number of rotatable bonds is 1. The molecule has 0 aromatic carbocycles. The minimum absolute atomic E-state index is 0.677. The van der Waals surface area contributed by atoms with Gasteiger partial charge in [0.25, 0.3) is 0 Å². The van der Waals surface area contributed by atoms with E-state index in [1.54, 1.807) is 0 Å². The molecule has 0 spiro atoms. The molecule has 0 saturated heterocycles. The highest BCUT2D eigenvalue weighted by Gasteiger charge is 2.16. The summed E-state index contributed by atoms with van der Waals surface area (Å²) in [5.41, 5.74) is 0. The zero-order chi connectivity index (χ0) is 10.1. The Morgan fingerprint density at radius 3 is 2.08 bits per heavy atom. The lowest BCUT2D eigenvalue weighted by atomic mass is 9.82. The molecule has 0 aromatic heterocycles. The summed E-state index contributed by atoms with van der Waals surface area (Å²) in [4.78, 5) is 0. The summed E-state index contributed by atoms with van der Waals surface area (Å²) in [6.07, 6.45) is 7.23. The molecule has 0 unspecified atom stereocenters. The van der Waals surface area contributed by atoms with Crippen molar-refractivity contribution >= 4 is 0 Å². The van der Waals surface area contributed by atoms with Crippen molar-refractivity contribution in [1.82, 2.24) is 0 Å². The summed E-state index contributed by atoms with van der Waals surface area (Å²) < 4.78 is 0. The van der Waals surface area contributed by atoms with Gasteiger partial charge in [-0.15, -0.1) is 18.4 Å². The van der Waals surface area contributed by atoms with Gasteiger partial charge in [0.2, 0.25) is 0 Å². The Morgan fingerprint density at radius 2 is 1.69 bits per heavy atom. The third kappa shape index (κ3) is 4.78. The highest BCUT2D eigenvalue weighted by molar-refractivity contribution is 5.03. The Hall–Kier alpha value is -0.700. The van der Waals surface area contributed by atoms with Crippen molar-refractivity contribution in [2.24, 2.45) is 11.8 Å². The summed E-state index contributed by atoms with van der Waals surface area (Å²) in [7, 11) is 0. The fourth-order valence-corrected chi connectivity index (χ4v) is 1.70. The smallest absolute Gasteiger partial charge is 0.0203 e. The lowest BCUT2D eigenvalue weighted by Gasteiger charge is -2.22. The summed E-state index contributed by atoms with van der Waals surface area (Å²) in [5.74, 6) is 7.68. The van der Waals surface area contributed by atoms with Crippen molar-refractivity contribution in [2.75, 3.05) is 0 Å². The van der Waals surface area contributed by atoms with E-state index in [9.17, 15) is 0 Å². The first-order chi connectivity index (χ1) is 6.36. The molecule has 0 aliphatic heterocycles. The van der Waals surface area contributed by atoms with Gasteiger partial charge in [-0.2, -0.15) is 0 Å². The minimum Gasteiger partial charge on any atom is -0.106 e. The molecule has 13 heavy (non-hydrogen) atoms. The van der Waals surface area contributed by atoms with Crippen LogP contribution in [0.4, 0.5) is 0 Å².